The summed E-state index contributed by atoms with van der Waals surface area (Å²) >= 11 is 0. The molecule has 0 saturated carbocycles. The van der Waals surface area contributed by atoms with Crippen molar-refractivity contribution >= 4 is 11.7 Å². The average Bonchev–Trinajstić information content (AvgIpc) is 2.88. The fraction of sp³-hybridized carbons (Fsp3) is 0.231. The number of hydrogen-bond donors (Lipinski definition) is 3. The Bertz CT molecular complexity index is 654. The van der Waals surface area contributed by atoms with Gasteiger partial charge in [0, 0.05) is 13.2 Å². The molecule has 1 aromatic heterocycles. The number of alkyl halides is 3. The minimum absolute atomic E-state index is 0.280. The molecule has 0 aliphatic carbocycles. The highest BCUT2D eigenvalue weighted by atomic mass is 19.4. The van der Waals surface area contributed by atoms with Crippen LogP contribution in [-0.4, -0.2) is 22.2 Å². The second kappa shape index (κ2) is 6.90. The first-order valence-corrected chi connectivity index (χ1v) is 6.46. The zero-order valence-electron chi connectivity index (χ0n) is 12.0. The molecule has 0 atom stereocenters. The van der Waals surface area contributed by atoms with Crippen LogP contribution in [0.4, 0.5) is 23.7 Å². The van der Waals surface area contributed by atoms with E-state index in [2.05, 4.69) is 26.0 Å². The highest BCUT2D eigenvalue weighted by Gasteiger charge is 2.30. The number of amides is 2. The first-order valence-electron chi connectivity index (χ1n) is 6.46. The Hall–Kier alpha value is -2.91. The van der Waals surface area contributed by atoms with Gasteiger partial charge in [-0.25, -0.2) is 4.79 Å². The molecule has 0 fully saturated rings. The molecule has 23 heavy (non-hydrogen) atoms. The molecule has 10 heteroatoms. The summed E-state index contributed by atoms with van der Waals surface area (Å²) < 4.78 is 41.4. The van der Waals surface area contributed by atoms with Gasteiger partial charge in [0.1, 0.15) is 5.75 Å². The number of benzene rings is 1. The summed E-state index contributed by atoms with van der Waals surface area (Å²) in [6, 6.07) is 6.19. The van der Waals surface area contributed by atoms with Crippen LogP contribution in [0.1, 0.15) is 5.69 Å². The molecule has 7 nitrogen and oxygen atoms in total. The molecule has 3 N–H and O–H groups in total. The van der Waals surface area contributed by atoms with Crippen molar-refractivity contribution in [3.05, 3.63) is 42.2 Å². The number of hydrogen-bond acceptors (Lipinski definition) is 4. The maximum Gasteiger partial charge on any atom is 0.573 e. The summed E-state index contributed by atoms with van der Waals surface area (Å²) in [7, 11) is 1.75. The number of nitrogens with zero attached hydrogens (tertiary/aromatic N) is 2. The molecule has 1 aromatic carbocycles. The van der Waals surface area contributed by atoms with E-state index >= 15 is 0 Å². The third-order valence-electron chi connectivity index (χ3n) is 2.76. The maximum atomic E-state index is 12.0. The van der Waals surface area contributed by atoms with E-state index in [0.29, 0.717) is 5.69 Å². The SMILES string of the molecule is Cn1nccc1CNC(=O)NNc1ccc(OC(F)(F)F)cc1. The van der Waals surface area contributed by atoms with E-state index < -0.39 is 12.4 Å². The molecule has 0 bridgehead atoms. The standard InChI is InChI=1S/C13H14F3N5O2/c1-21-10(6-7-18-21)8-17-12(22)20-19-9-2-4-11(5-3-9)23-13(14,15)16/h2-7,19H,8H2,1H3,(H2,17,20,22). The molecule has 0 spiro atoms. The number of urea groups is 1. The van der Waals surface area contributed by atoms with Crippen molar-refractivity contribution < 1.29 is 22.7 Å². The predicted octanol–water partition coefficient (Wildman–Crippen LogP) is 2.14. The summed E-state index contributed by atoms with van der Waals surface area (Å²) in [4.78, 5) is 11.6. The van der Waals surface area contributed by atoms with Gasteiger partial charge in [-0.3, -0.25) is 15.5 Å². The first kappa shape index (κ1) is 16.5. The van der Waals surface area contributed by atoms with E-state index in [4.69, 9.17) is 0 Å². The van der Waals surface area contributed by atoms with E-state index in [-0.39, 0.29) is 12.3 Å². The molecule has 0 saturated heterocycles. The molecule has 124 valence electrons. The number of carbonyl (C=O) groups is 1. The number of ether oxygens (including phenoxy) is 1. The molecule has 2 amide bonds. The van der Waals surface area contributed by atoms with Gasteiger partial charge < -0.3 is 10.1 Å². The van der Waals surface area contributed by atoms with Crippen LogP contribution in [0.2, 0.25) is 0 Å². The number of aryl methyl sites for hydroxylation is 1. The van der Waals surface area contributed by atoms with Crippen LogP contribution in [0.5, 0.6) is 5.75 Å². The molecule has 1 heterocycles. The van der Waals surface area contributed by atoms with Gasteiger partial charge in [0.15, 0.2) is 0 Å². The van der Waals surface area contributed by atoms with Gasteiger partial charge in [0.2, 0.25) is 0 Å². The number of anilines is 1. The molecule has 2 aromatic rings. The summed E-state index contributed by atoms with van der Waals surface area (Å²) in [5.41, 5.74) is 6.13. The largest absolute Gasteiger partial charge is 0.573 e. The van der Waals surface area contributed by atoms with Crippen LogP contribution < -0.4 is 20.9 Å². The number of rotatable bonds is 5. The average molecular weight is 329 g/mol. The summed E-state index contributed by atoms with van der Waals surface area (Å²) in [6.07, 6.45) is -3.13. The van der Waals surface area contributed by atoms with Gasteiger partial charge in [-0.05, 0) is 30.3 Å². The fourth-order valence-corrected chi connectivity index (χ4v) is 1.66. The lowest BCUT2D eigenvalue weighted by Gasteiger charge is -2.11. The predicted molar refractivity (Wildman–Crippen MR) is 75.3 cm³/mol. The number of hydrazine groups is 1. The molecule has 0 unspecified atom stereocenters. The van der Waals surface area contributed by atoms with Gasteiger partial charge in [-0.1, -0.05) is 0 Å². The number of aromatic nitrogens is 2. The van der Waals surface area contributed by atoms with Crippen molar-refractivity contribution in [1.82, 2.24) is 20.5 Å². The zero-order valence-corrected chi connectivity index (χ0v) is 12.0. The number of halogens is 3. The highest BCUT2D eigenvalue weighted by Crippen LogP contribution is 2.23. The van der Waals surface area contributed by atoms with Crippen LogP contribution in [0.3, 0.4) is 0 Å². The molecule has 0 radical (unpaired) electrons. The van der Waals surface area contributed by atoms with E-state index in [1.54, 1.807) is 24.0 Å². The van der Waals surface area contributed by atoms with Crippen molar-refractivity contribution in [3.63, 3.8) is 0 Å². The lowest BCUT2D eigenvalue weighted by Crippen LogP contribution is -2.38. The maximum absolute atomic E-state index is 12.0. The van der Waals surface area contributed by atoms with Gasteiger partial charge in [-0.15, -0.1) is 13.2 Å². The normalized spacial score (nSPS) is 11.0. The van der Waals surface area contributed by atoms with Crippen LogP contribution >= 0.6 is 0 Å². The Morgan fingerprint density at radius 1 is 1.26 bits per heavy atom. The second-order valence-corrected chi connectivity index (χ2v) is 4.45. The Morgan fingerprint density at radius 2 is 1.96 bits per heavy atom. The lowest BCUT2D eigenvalue weighted by atomic mass is 10.3. The Kier molecular flexibility index (Phi) is 4.94. The molecular weight excluding hydrogens is 315 g/mol. The molecule has 2 rings (SSSR count). The van der Waals surface area contributed by atoms with Gasteiger partial charge in [-0.2, -0.15) is 5.10 Å². The molecular formula is C13H14F3N5O2. The number of carbonyl (C=O) groups excluding carboxylic acids is 1. The Labute approximate surface area is 129 Å². The van der Waals surface area contributed by atoms with Crippen molar-refractivity contribution in [2.45, 2.75) is 12.9 Å². The van der Waals surface area contributed by atoms with Crippen LogP contribution in [0.25, 0.3) is 0 Å². The van der Waals surface area contributed by atoms with E-state index in [0.717, 1.165) is 17.8 Å². The van der Waals surface area contributed by atoms with Gasteiger partial charge in [0.25, 0.3) is 0 Å². The third-order valence-corrected chi connectivity index (χ3v) is 2.76. The minimum Gasteiger partial charge on any atom is -0.406 e. The smallest absolute Gasteiger partial charge is 0.406 e. The summed E-state index contributed by atoms with van der Waals surface area (Å²) in [6.45, 7) is 0.280. The van der Waals surface area contributed by atoms with Crippen LogP contribution in [0, 0.1) is 0 Å². The van der Waals surface area contributed by atoms with E-state index in [1.807, 2.05) is 0 Å². The quantitative estimate of drug-likeness (QED) is 0.734. The van der Waals surface area contributed by atoms with Crippen LogP contribution in [-0.2, 0) is 13.6 Å². The Balaban J connectivity index is 1.77. The summed E-state index contributed by atoms with van der Waals surface area (Å²) in [5.74, 6) is -0.344. The zero-order chi connectivity index (χ0) is 16.9. The Morgan fingerprint density at radius 3 is 2.52 bits per heavy atom. The minimum atomic E-state index is -4.74. The van der Waals surface area contributed by atoms with Gasteiger partial charge in [0.05, 0.1) is 17.9 Å². The molecule has 0 aliphatic heterocycles. The highest BCUT2D eigenvalue weighted by molar-refractivity contribution is 5.75. The lowest BCUT2D eigenvalue weighted by molar-refractivity contribution is -0.274. The van der Waals surface area contributed by atoms with E-state index in [1.165, 1.54) is 12.1 Å². The first-order chi connectivity index (χ1) is 10.8. The van der Waals surface area contributed by atoms with Crippen molar-refractivity contribution in [2.24, 2.45) is 7.05 Å². The van der Waals surface area contributed by atoms with Crippen molar-refractivity contribution in [3.8, 4) is 5.75 Å². The summed E-state index contributed by atoms with van der Waals surface area (Å²) in [5, 5.41) is 6.55. The fourth-order valence-electron chi connectivity index (χ4n) is 1.66. The van der Waals surface area contributed by atoms with Crippen LogP contribution in [0.15, 0.2) is 36.5 Å². The monoisotopic (exact) mass is 329 g/mol. The van der Waals surface area contributed by atoms with Crippen molar-refractivity contribution in [2.75, 3.05) is 5.43 Å². The van der Waals surface area contributed by atoms with Crippen molar-refractivity contribution in [1.29, 1.82) is 0 Å². The second-order valence-electron chi connectivity index (χ2n) is 4.45. The van der Waals surface area contributed by atoms with Gasteiger partial charge >= 0.3 is 12.4 Å². The molecule has 0 aliphatic rings. The third kappa shape index (κ3) is 5.41. The number of nitrogens with one attached hydrogen (secondary N) is 3. The topological polar surface area (TPSA) is 80.2 Å². The van der Waals surface area contributed by atoms with E-state index in [9.17, 15) is 18.0 Å².